The maximum Gasteiger partial charge on any atom is 0.242 e. The van der Waals surface area contributed by atoms with Gasteiger partial charge < -0.3 is 10.2 Å². The molecule has 0 spiro atoms. The summed E-state index contributed by atoms with van der Waals surface area (Å²) in [6, 6.07) is 7.81. The van der Waals surface area contributed by atoms with Gasteiger partial charge in [-0.3, -0.25) is 4.79 Å². The predicted molar refractivity (Wildman–Crippen MR) is 88.9 cm³/mol. The van der Waals surface area contributed by atoms with Crippen LogP contribution in [0.3, 0.4) is 0 Å². The van der Waals surface area contributed by atoms with Crippen molar-refractivity contribution in [2.24, 2.45) is 5.41 Å². The first-order valence-corrected chi connectivity index (χ1v) is 7.99. The SMILES string of the molecule is CC(NC(=O)C1CCCN1c1ccc(Cl)cc1)C(C)(C)C. The number of anilines is 1. The molecule has 2 atom stereocenters. The number of amides is 1. The molecule has 0 saturated carbocycles. The fourth-order valence-electron chi connectivity index (χ4n) is 2.51. The van der Waals surface area contributed by atoms with E-state index in [9.17, 15) is 4.79 Å². The molecule has 0 aromatic heterocycles. The molecule has 0 radical (unpaired) electrons. The van der Waals surface area contributed by atoms with Crippen LogP contribution >= 0.6 is 11.6 Å². The molecular weight excluding hydrogens is 284 g/mol. The Morgan fingerprint density at radius 1 is 1.33 bits per heavy atom. The van der Waals surface area contributed by atoms with Crippen LogP contribution in [0.2, 0.25) is 5.02 Å². The Morgan fingerprint density at radius 2 is 1.95 bits per heavy atom. The molecule has 2 rings (SSSR count). The Hall–Kier alpha value is -1.22. The van der Waals surface area contributed by atoms with E-state index in [2.05, 4.69) is 37.9 Å². The van der Waals surface area contributed by atoms with Crippen LogP contribution in [0, 0.1) is 5.41 Å². The maximum absolute atomic E-state index is 12.6. The quantitative estimate of drug-likeness (QED) is 0.919. The third kappa shape index (κ3) is 3.91. The summed E-state index contributed by atoms with van der Waals surface area (Å²) in [5, 5.41) is 3.89. The molecule has 3 nitrogen and oxygen atoms in total. The lowest BCUT2D eigenvalue weighted by atomic mass is 9.88. The minimum atomic E-state index is -0.0732. The van der Waals surface area contributed by atoms with Crippen molar-refractivity contribution in [3.8, 4) is 0 Å². The standard InChI is InChI=1S/C17H25ClN2O/c1-12(17(2,3)4)19-16(21)15-6-5-11-20(15)14-9-7-13(18)8-10-14/h7-10,12,15H,5-6,11H2,1-4H3,(H,19,21). The molecule has 1 aliphatic heterocycles. The summed E-state index contributed by atoms with van der Waals surface area (Å²) in [5.74, 6) is 0.130. The lowest BCUT2D eigenvalue weighted by Gasteiger charge is -2.32. The fourth-order valence-corrected chi connectivity index (χ4v) is 2.63. The van der Waals surface area contributed by atoms with Gasteiger partial charge in [0.25, 0.3) is 0 Å². The van der Waals surface area contributed by atoms with Gasteiger partial charge in [0.15, 0.2) is 0 Å². The minimum Gasteiger partial charge on any atom is -0.360 e. The molecule has 1 aromatic rings. The fraction of sp³-hybridized carbons (Fsp3) is 0.588. The molecule has 1 saturated heterocycles. The van der Waals surface area contributed by atoms with Gasteiger partial charge >= 0.3 is 0 Å². The molecule has 1 fully saturated rings. The lowest BCUT2D eigenvalue weighted by molar-refractivity contribution is -0.123. The lowest BCUT2D eigenvalue weighted by Crippen LogP contribution is -2.49. The molecule has 1 aromatic carbocycles. The van der Waals surface area contributed by atoms with Gasteiger partial charge in [0, 0.05) is 23.3 Å². The van der Waals surface area contributed by atoms with E-state index in [1.807, 2.05) is 24.3 Å². The van der Waals surface area contributed by atoms with E-state index in [0.717, 1.165) is 30.1 Å². The van der Waals surface area contributed by atoms with Crippen LogP contribution in [-0.2, 0) is 4.79 Å². The van der Waals surface area contributed by atoms with Crippen LogP contribution < -0.4 is 10.2 Å². The van der Waals surface area contributed by atoms with E-state index < -0.39 is 0 Å². The number of hydrogen-bond donors (Lipinski definition) is 1. The number of carbonyl (C=O) groups excluding carboxylic acids is 1. The van der Waals surface area contributed by atoms with Crippen LogP contribution in [0.1, 0.15) is 40.5 Å². The van der Waals surface area contributed by atoms with Crippen LogP contribution in [0.4, 0.5) is 5.69 Å². The van der Waals surface area contributed by atoms with Crippen LogP contribution in [0.5, 0.6) is 0 Å². The van der Waals surface area contributed by atoms with Crippen LogP contribution in [0.25, 0.3) is 0 Å². The van der Waals surface area contributed by atoms with Gasteiger partial charge in [-0.15, -0.1) is 0 Å². The number of nitrogens with one attached hydrogen (secondary N) is 1. The molecule has 0 bridgehead atoms. The minimum absolute atomic E-state index is 0.0688. The van der Waals surface area contributed by atoms with Gasteiger partial charge in [0.2, 0.25) is 5.91 Å². The summed E-state index contributed by atoms with van der Waals surface area (Å²) in [4.78, 5) is 14.8. The largest absolute Gasteiger partial charge is 0.360 e. The normalized spacial score (nSPS) is 20.4. The maximum atomic E-state index is 12.6. The van der Waals surface area contributed by atoms with Gasteiger partial charge in [-0.05, 0) is 49.4 Å². The Morgan fingerprint density at radius 3 is 2.52 bits per heavy atom. The highest BCUT2D eigenvalue weighted by atomic mass is 35.5. The smallest absolute Gasteiger partial charge is 0.242 e. The number of halogens is 1. The first-order valence-electron chi connectivity index (χ1n) is 7.61. The molecular formula is C17H25ClN2O. The zero-order valence-corrected chi connectivity index (χ0v) is 14.1. The second kappa shape index (κ2) is 6.27. The van der Waals surface area contributed by atoms with E-state index in [4.69, 9.17) is 11.6 Å². The molecule has 4 heteroatoms. The average Bonchev–Trinajstić information content (AvgIpc) is 2.87. The number of rotatable bonds is 3. The summed E-state index contributed by atoms with van der Waals surface area (Å²) in [7, 11) is 0. The molecule has 1 N–H and O–H groups in total. The Labute approximate surface area is 132 Å². The first kappa shape index (κ1) is 16.2. The summed E-state index contributed by atoms with van der Waals surface area (Å²) in [5.41, 5.74) is 1.14. The first-order chi connectivity index (χ1) is 9.79. The van der Waals surface area contributed by atoms with Gasteiger partial charge in [-0.25, -0.2) is 0 Å². The monoisotopic (exact) mass is 308 g/mol. The molecule has 2 unspecified atom stereocenters. The molecule has 1 heterocycles. The van der Waals surface area contributed by atoms with Crippen LogP contribution in [0.15, 0.2) is 24.3 Å². The van der Waals surface area contributed by atoms with Crippen molar-refractivity contribution in [3.05, 3.63) is 29.3 Å². The van der Waals surface area contributed by atoms with E-state index in [-0.39, 0.29) is 23.4 Å². The van der Waals surface area contributed by atoms with Crippen molar-refractivity contribution in [1.29, 1.82) is 0 Å². The Bertz CT molecular complexity index is 493. The summed E-state index contributed by atoms with van der Waals surface area (Å²) < 4.78 is 0. The Balaban J connectivity index is 2.08. The van der Waals surface area contributed by atoms with E-state index >= 15 is 0 Å². The van der Waals surface area contributed by atoms with Gasteiger partial charge in [0.1, 0.15) is 6.04 Å². The Kier molecular flexibility index (Phi) is 4.82. The predicted octanol–water partition coefficient (Wildman–Crippen LogP) is 3.86. The number of carbonyl (C=O) groups is 1. The number of nitrogens with zero attached hydrogens (tertiary/aromatic N) is 1. The topological polar surface area (TPSA) is 32.3 Å². The van der Waals surface area contributed by atoms with Crippen molar-refractivity contribution in [2.45, 2.75) is 52.6 Å². The highest BCUT2D eigenvalue weighted by Gasteiger charge is 2.33. The zero-order valence-electron chi connectivity index (χ0n) is 13.3. The van der Waals surface area contributed by atoms with Crippen LogP contribution in [-0.4, -0.2) is 24.5 Å². The van der Waals surface area contributed by atoms with Crippen molar-refractivity contribution in [2.75, 3.05) is 11.4 Å². The second-order valence-corrected chi connectivity index (χ2v) is 7.36. The van der Waals surface area contributed by atoms with E-state index in [0.29, 0.717) is 0 Å². The second-order valence-electron chi connectivity index (χ2n) is 6.92. The third-order valence-electron chi connectivity index (χ3n) is 4.37. The van der Waals surface area contributed by atoms with Crippen molar-refractivity contribution in [3.63, 3.8) is 0 Å². The molecule has 1 aliphatic rings. The highest BCUT2D eigenvalue weighted by molar-refractivity contribution is 6.30. The van der Waals surface area contributed by atoms with E-state index in [1.54, 1.807) is 0 Å². The molecule has 21 heavy (non-hydrogen) atoms. The number of hydrogen-bond acceptors (Lipinski definition) is 2. The van der Waals surface area contributed by atoms with Gasteiger partial charge in [-0.2, -0.15) is 0 Å². The van der Waals surface area contributed by atoms with Crippen molar-refractivity contribution < 1.29 is 4.79 Å². The molecule has 1 amide bonds. The number of benzene rings is 1. The van der Waals surface area contributed by atoms with Gasteiger partial charge in [0.05, 0.1) is 0 Å². The molecule has 0 aliphatic carbocycles. The van der Waals surface area contributed by atoms with Gasteiger partial charge in [-0.1, -0.05) is 32.4 Å². The molecule has 116 valence electrons. The average molecular weight is 309 g/mol. The summed E-state index contributed by atoms with van der Waals surface area (Å²) >= 11 is 5.94. The van der Waals surface area contributed by atoms with E-state index in [1.165, 1.54) is 0 Å². The zero-order chi connectivity index (χ0) is 15.6. The van der Waals surface area contributed by atoms with Crippen molar-refractivity contribution >= 4 is 23.2 Å². The summed E-state index contributed by atoms with van der Waals surface area (Å²) in [6.45, 7) is 9.42. The summed E-state index contributed by atoms with van der Waals surface area (Å²) in [6.07, 6.45) is 1.95. The highest BCUT2D eigenvalue weighted by Crippen LogP contribution is 2.27. The third-order valence-corrected chi connectivity index (χ3v) is 4.62. The van der Waals surface area contributed by atoms with Crippen molar-refractivity contribution in [1.82, 2.24) is 5.32 Å².